The van der Waals surface area contributed by atoms with Crippen LogP contribution in [0.15, 0.2) is 0 Å². The molecule has 10 heavy (non-hydrogen) atoms. The van der Waals surface area contributed by atoms with Crippen molar-refractivity contribution in [1.29, 1.82) is 0 Å². The molecule has 2 unspecified atom stereocenters. The van der Waals surface area contributed by atoms with Crippen LogP contribution in [-0.4, -0.2) is 23.0 Å². The van der Waals surface area contributed by atoms with Gasteiger partial charge in [0.1, 0.15) is 0 Å². The van der Waals surface area contributed by atoms with Crippen LogP contribution >= 0.6 is 12.6 Å². The normalized spacial score (nSPS) is 16.0. The summed E-state index contributed by atoms with van der Waals surface area (Å²) >= 11 is 3.34. The second-order valence-electron chi connectivity index (χ2n) is 1.69. The van der Waals surface area contributed by atoms with Gasteiger partial charge in [-0.15, -0.1) is 0 Å². The number of hydrogen-bond acceptors (Lipinski definition) is 4. The maximum Gasteiger partial charge on any atom is 0.366 e. The van der Waals surface area contributed by atoms with E-state index in [1.165, 1.54) is 13.8 Å². The highest BCUT2D eigenvalue weighted by Crippen LogP contribution is 1.99. The molecule has 0 fully saturated rings. The van der Waals surface area contributed by atoms with E-state index >= 15 is 0 Å². The van der Waals surface area contributed by atoms with Crippen molar-refractivity contribution in [2.24, 2.45) is 0 Å². The molecule has 0 aromatic rings. The maximum atomic E-state index is 10.1. The predicted molar refractivity (Wildman–Crippen MR) is 37.7 cm³/mol. The molecule has 0 heterocycles. The maximum absolute atomic E-state index is 10.1. The zero-order valence-electron chi connectivity index (χ0n) is 5.77. The van der Waals surface area contributed by atoms with E-state index in [9.17, 15) is 4.79 Å². The van der Waals surface area contributed by atoms with Crippen LogP contribution in [0.4, 0.5) is 4.79 Å². The number of aliphatic hydroxyl groups excluding tert-OH is 1. The van der Waals surface area contributed by atoms with E-state index in [2.05, 4.69) is 22.1 Å². The number of aliphatic hydroxyl groups is 1. The first kappa shape index (κ1) is 9.74. The Hall–Kier alpha value is -0.260. The van der Waals surface area contributed by atoms with Gasteiger partial charge in [0.15, 0.2) is 6.29 Å². The average molecular weight is 166 g/mol. The molecule has 0 saturated heterocycles. The summed E-state index contributed by atoms with van der Waals surface area (Å²) in [5, 5.41) is 7.87. The van der Waals surface area contributed by atoms with Crippen molar-refractivity contribution in [3.05, 3.63) is 0 Å². The number of rotatable bonds is 3. The number of carbonyl (C=O) groups is 1. The summed E-state index contributed by atoms with van der Waals surface area (Å²) in [6.07, 6.45) is -1.70. The van der Waals surface area contributed by atoms with Crippen molar-refractivity contribution in [2.45, 2.75) is 26.4 Å². The first-order valence-corrected chi connectivity index (χ1v) is 3.20. The smallest absolute Gasteiger partial charge is 0.366 e. The molecular formula is C5H10O4S. The van der Waals surface area contributed by atoms with E-state index in [1.807, 2.05) is 0 Å². The highest BCUT2D eigenvalue weighted by Gasteiger charge is 2.07. The van der Waals surface area contributed by atoms with Gasteiger partial charge in [-0.05, 0) is 13.8 Å². The predicted octanol–water partition coefficient (Wildman–Crippen LogP) is 0.754. The van der Waals surface area contributed by atoms with Gasteiger partial charge in [-0.1, -0.05) is 12.6 Å². The third-order valence-corrected chi connectivity index (χ3v) is 0.761. The van der Waals surface area contributed by atoms with Gasteiger partial charge in [0.25, 0.3) is 0 Å². The summed E-state index contributed by atoms with van der Waals surface area (Å²) in [5.41, 5.74) is 0. The molecule has 0 aromatic heterocycles. The lowest BCUT2D eigenvalue weighted by Gasteiger charge is -2.13. The Morgan fingerprint density at radius 2 is 2.10 bits per heavy atom. The van der Waals surface area contributed by atoms with Crippen LogP contribution in [-0.2, 0) is 9.47 Å². The van der Waals surface area contributed by atoms with Crippen LogP contribution in [0.5, 0.6) is 0 Å². The molecule has 0 amide bonds. The molecule has 0 rings (SSSR count). The Kier molecular flexibility index (Phi) is 4.42. The zero-order chi connectivity index (χ0) is 8.15. The Morgan fingerprint density at radius 1 is 1.60 bits per heavy atom. The van der Waals surface area contributed by atoms with Gasteiger partial charge < -0.3 is 14.6 Å². The highest BCUT2D eigenvalue weighted by atomic mass is 32.1. The summed E-state index contributed by atoms with van der Waals surface area (Å²) in [6, 6.07) is 0. The first-order valence-electron chi connectivity index (χ1n) is 2.75. The van der Waals surface area contributed by atoms with Gasteiger partial charge in [-0.25, -0.2) is 4.79 Å². The second-order valence-corrected chi connectivity index (χ2v) is 2.05. The monoisotopic (exact) mass is 166 g/mol. The summed E-state index contributed by atoms with van der Waals surface area (Å²) in [6.45, 7) is 2.91. The largest absolute Gasteiger partial charge is 0.428 e. The van der Waals surface area contributed by atoms with Crippen molar-refractivity contribution >= 4 is 17.9 Å². The van der Waals surface area contributed by atoms with Crippen LogP contribution in [0, 0.1) is 0 Å². The number of carbonyl (C=O) groups excluding carboxylic acids is 1. The summed E-state index contributed by atoms with van der Waals surface area (Å²) in [7, 11) is 0. The molecule has 2 atom stereocenters. The van der Waals surface area contributed by atoms with Gasteiger partial charge >= 0.3 is 5.30 Å². The van der Waals surface area contributed by atoms with Crippen LogP contribution in [0.3, 0.4) is 0 Å². The summed E-state index contributed by atoms with van der Waals surface area (Å²) in [4.78, 5) is 10.1. The van der Waals surface area contributed by atoms with E-state index in [-0.39, 0.29) is 0 Å². The number of ether oxygens (including phenoxy) is 2. The lowest BCUT2D eigenvalue weighted by Crippen LogP contribution is -2.20. The van der Waals surface area contributed by atoms with Crippen LogP contribution in [0.1, 0.15) is 13.8 Å². The average Bonchev–Trinajstić information content (AvgIpc) is 1.58. The van der Waals surface area contributed by atoms with Gasteiger partial charge in [-0.2, -0.15) is 0 Å². The third kappa shape index (κ3) is 5.87. The van der Waals surface area contributed by atoms with Crippen LogP contribution in [0.25, 0.3) is 0 Å². The van der Waals surface area contributed by atoms with E-state index < -0.39 is 17.9 Å². The molecule has 0 aromatic carbocycles. The van der Waals surface area contributed by atoms with E-state index in [0.717, 1.165) is 0 Å². The minimum Gasteiger partial charge on any atom is -0.428 e. The molecule has 60 valence electrons. The topological polar surface area (TPSA) is 55.8 Å². The minimum absolute atomic E-state index is 0.729. The van der Waals surface area contributed by atoms with Gasteiger partial charge in [0.05, 0.1) is 0 Å². The SMILES string of the molecule is CC(O)OC(C)OC(=O)S. The Bertz CT molecular complexity index is 114. The van der Waals surface area contributed by atoms with E-state index in [1.54, 1.807) is 0 Å². The Balaban J connectivity index is 3.43. The lowest BCUT2D eigenvalue weighted by molar-refractivity contribution is -0.187. The van der Waals surface area contributed by atoms with Crippen molar-refractivity contribution in [3.8, 4) is 0 Å². The third-order valence-electron chi connectivity index (χ3n) is 0.655. The fourth-order valence-electron chi connectivity index (χ4n) is 0.447. The molecule has 1 N–H and O–H groups in total. The fraction of sp³-hybridized carbons (Fsp3) is 0.800. The molecular weight excluding hydrogens is 156 g/mol. The van der Waals surface area contributed by atoms with Crippen molar-refractivity contribution in [1.82, 2.24) is 0 Å². The Morgan fingerprint density at radius 3 is 2.40 bits per heavy atom. The molecule has 0 bridgehead atoms. The minimum atomic E-state index is -0.942. The lowest BCUT2D eigenvalue weighted by atomic mass is 10.7. The van der Waals surface area contributed by atoms with Crippen molar-refractivity contribution in [3.63, 3.8) is 0 Å². The summed E-state index contributed by atoms with van der Waals surface area (Å²) in [5.74, 6) is 0. The van der Waals surface area contributed by atoms with Crippen molar-refractivity contribution < 1.29 is 19.4 Å². The Labute approximate surface area is 64.5 Å². The molecule has 4 nitrogen and oxygen atoms in total. The quantitative estimate of drug-likeness (QED) is 0.369. The highest BCUT2D eigenvalue weighted by molar-refractivity contribution is 7.96. The molecule has 0 saturated carbocycles. The van der Waals surface area contributed by atoms with Gasteiger partial charge in [-0.3, -0.25) is 0 Å². The molecule has 0 aliphatic carbocycles. The zero-order valence-corrected chi connectivity index (χ0v) is 6.67. The molecule has 0 aliphatic heterocycles. The molecule has 5 heteroatoms. The standard InChI is InChI=1S/C5H10O4S/c1-3(6)8-4(2)9-5(7)10/h3-4,6H,1-2H3,(H,7,10). The van der Waals surface area contributed by atoms with Crippen LogP contribution < -0.4 is 0 Å². The fourth-order valence-corrected chi connectivity index (χ4v) is 0.596. The van der Waals surface area contributed by atoms with Gasteiger partial charge in [0.2, 0.25) is 6.29 Å². The first-order chi connectivity index (χ1) is 4.52. The molecule has 0 aliphatic rings. The number of hydrogen-bond donors (Lipinski definition) is 2. The second kappa shape index (κ2) is 4.54. The molecule has 0 spiro atoms. The van der Waals surface area contributed by atoms with E-state index in [0.29, 0.717) is 0 Å². The number of thiol groups is 1. The molecule has 0 radical (unpaired) electrons. The van der Waals surface area contributed by atoms with E-state index in [4.69, 9.17) is 5.11 Å². The van der Waals surface area contributed by atoms with Crippen molar-refractivity contribution in [2.75, 3.05) is 0 Å². The van der Waals surface area contributed by atoms with Gasteiger partial charge in [0, 0.05) is 0 Å². The summed E-state index contributed by atoms with van der Waals surface area (Å²) < 4.78 is 9.03. The van der Waals surface area contributed by atoms with Crippen LogP contribution in [0.2, 0.25) is 0 Å².